The predicted octanol–water partition coefficient (Wildman–Crippen LogP) is 4.79. The third-order valence-electron chi connectivity index (χ3n) is 6.42. The van der Waals surface area contributed by atoms with Gasteiger partial charge in [0.15, 0.2) is 0 Å². The van der Waals surface area contributed by atoms with Crippen molar-refractivity contribution in [2.45, 2.75) is 6.04 Å². The van der Waals surface area contributed by atoms with Crippen molar-refractivity contribution in [1.29, 1.82) is 0 Å². The number of aromatic amines is 1. The van der Waals surface area contributed by atoms with Crippen molar-refractivity contribution in [3.8, 4) is 17.0 Å². The Hall–Kier alpha value is -3.77. The molecule has 0 aliphatic carbocycles. The Bertz CT molecular complexity index is 1260. The van der Waals surface area contributed by atoms with Crippen molar-refractivity contribution in [2.24, 2.45) is 0 Å². The number of aromatic nitrogens is 1. The summed E-state index contributed by atoms with van der Waals surface area (Å²) in [6, 6.07) is 25.1. The monoisotopic (exact) mass is 441 g/mol. The lowest BCUT2D eigenvalue weighted by Crippen LogP contribution is -2.49. The lowest BCUT2D eigenvalue weighted by atomic mass is 9.97. The number of fused-ring (bicyclic) bond motifs is 1. The van der Waals surface area contributed by atoms with Crippen LogP contribution in [0, 0.1) is 0 Å². The molecule has 2 N–H and O–H groups in total. The van der Waals surface area contributed by atoms with Crippen LogP contribution in [0.2, 0.25) is 0 Å². The molecule has 0 saturated carbocycles. The first-order chi connectivity index (χ1) is 16.2. The molecule has 4 aromatic rings. The fraction of sp³-hybridized carbons (Fsp3) is 0.222. The third kappa shape index (κ3) is 3.94. The highest BCUT2D eigenvalue weighted by molar-refractivity contribution is 5.95. The number of piperazine rings is 1. The Morgan fingerprint density at radius 3 is 2.30 bits per heavy atom. The van der Waals surface area contributed by atoms with Crippen LogP contribution in [0.4, 0.5) is 5.69 Å². The number of hydrogen-bond donors (Lipinski definition) is 2. The number of hydrogen-bond acceptors (Lipinski definition) is 4. The van der Waals surface area contributed by atoms with E-state index in [9.17, 15) is 9.90 Å². The van der Waals surface area contributed by atoms with E-state index in [-0.39, 0.29) is 0 Å². The van der Waals surface area contributed by atoms with Crippen molar-refractivity contribution in [3.05, 3.63) is 84.4 Å². The fourth-order valence-corrected chi connectivity index (χ4v) is 4.85. The summed E-state index contributed by atoms with van der Waals surface area (Å²) in [6.45, 7) is 2.74. The van der Waals surface area contributed by atoms with E-state index in [2.05, 4.69) is 20.9 Å². The minimum absolute atomic E-state index is 0.642. The molecule has 3 aromatic carbocycles. The summed E-state index contributed by atoms with van der Waals surface area (Å²) in [5, 5.41) is 11.4. The van der Waals surface area contributed by atoms with Gasteiger partial charge in [0.25, 0.3) is 0 Å². The topological polar surface area (TPSA) is 68.8 Å². The van der Waals surface area contributed by atoms with Crippen LogP contribution in [-0.2, 0) is 4.79 Å². The normalized spacial score (nSPS) is 15.5. The summed E-state index contributed by atoms with van der Waals surface area (Å²) in [6.07, 6.45) is 0. The number of H-pyrrole nitrogens is 1. The fourth-order valence-electron chi connectivity index (χ4n) is 4.85. The Kier molecular flexibility index (Phi) is 5.75. The van der Waals surface area contributed by atoms with Gasteiger partial charge in [-0.2, -0.15) is 0 Å². The van der Waals surface area contributed by atoms with E-state index in [1.165, 1.54) is 0 Å². The van der Waals surface area contributed by atoms with Crippen molar-refractivity contribution < 1.29 is 14.6 Å². The lowest BCUT2D eigenvalue weighted by molar-refractivity contribution is -0.143. The summed E-state index contributed by atoms with van der Waals surface area (Å²) in [5.41, 5.74) is 4.68. The zero-order chi connectivity index (χ0) is 22.8. The van der Waals surface area contributed by atoms with Crippen LogP contribution >= 0.6 is 0 Å². The minimum atomic E-state index is -0.831. The second-order valence-corrected chi connectivity index (χ2v) is 8.26. The Morgan fingerprint density at radius 1 is 0.909 bits per heavy atom. The van der Waals surface area contributed by atoms with Gasteiger partial charge < -0.3 is 19.7 Å². The van der Waals surface area contributed by atoms with Crippen LogP contribution in [0.25, 0.3) is 22.2 Å². The number of benzene rings is 3. The van der Waals surface area contributed by atoms with Gasteiger partial charge in [-0.3, -0.25) is 9.69 Å². The van der Waals surface area contributed by atoms with Crippen LogP contribution in [0.15, 0.2) is 78.9 Å². The molecule has 0 amide bonds. The first-order valence-corrected chi connectivity index (χ1v) is 11.2. The van der Waals surface area contributed by atoms with Crippen molar-refractivity contribution in [3.63, 3.8) is 0 Å². The SMILES string of the molecule is COc1ccccc1N1CCN([C@@H](C(=O)O)c2c(-c3ccccc3)[nH]c3ccccc23)CC1. The predicted molar refractivity (Wildman–Crippen MR) is 131 cm³/mol. The van der Waals surface area contributed by atoms with Gasteiger partial charge in [-0.25, -0.2) is 0 Å². The molecule has 0 unspecified atom stereocenters. The molecule has 1 aliphatic heterocycles. The van der Waals surface area contributed by atoms with Crippen LogP contribution < -0.4 is 9.64 Å². The second kappa shape index (κ2) is 9.00. The smallest absolute Gasteiger partial charge is 0.325 e. The zero-order valence-electron chi connectivity index (χ0n) is 18.6. The number of anilines is 1. The van der Waals surface area contributed by atoms with Gasteiger partial charge in [-0.05, 0) is 23.8 Å². The Morgan fingerprint density at radius 2 is 1.58 bits per heavy atom. The highest BCUT2D eigenvalue weighted by Gasteiger charge is 2.34. The highest BCUT2D eigenvalue weighted by atomic mass is 16.5. The molecule has 1 aliphatic rings. The number of carboxylic acids is 1. The molecule has 1 saturated heterocycles. The number of carbonyl (C=O) groups is 1. The van der Waals surface area contributed by atoms with E-state index < -0.39 is 12.0 Å². The Balaban J connectivity index is 1.50. The maximum absolute atomic E-state index is 12.7. The average molecular weight is 442 g/mol. The molecule has 0 bridgehead atoms. The van der Waals surface area contributed by atoms with Crippen molar-refractivity contribution in [2.75, 3.05) is 38.2 Å². The lowest BCUT2D eigenvalue weighted by Gasteiger charge is -2.39. The van der Waals surface area contributed by atoms with E-state index in [4.69, 9.17) is 4.74 Å². The number of ether oxygens (including phenoxy) is 1. The number of rotatable bonds is 6. The number of carboxylic acid groups (broad SMARTS) is 1. The van der Waals surface area contributed by atoms with Gasteiger partial charge in [0.1, 0.15) is 11.8 Å². The summed E-state index contributed by atoms with van der Waals surface area (Å²) in [5.74, 6) is 0.00593. The van der Waals surface area contributed by atoms with Crippen LogP contribution in [0.5, 0.6) is 5.75 Å². The maximum atomic E-state index is 12.7. The molecule has 0 spiro atoms. The van der Waals surface area contributed by atoms with E-state index in [0.29, 0.717) is 13.1 Å². The minimum Gasteiger partial charge on any atom is -0.495 e. The number of methoxy groups -OCH3 is 1. The number of nitrogens with one attached hydrogen (secondary N) is 1. The zero-order valence-corrected chi connectivity index (χ0v) is 18.6. The molecule has 33 heavy (non-hydrogen) atoms. The number of para-hydroxylation sites is 3. The molecule has 6 nitrogen and oxygen atoms in total. The molecule has 1 aromatic heterocycles. The van der Waals surface area contributed by atoms with Gasteiger partial charge in [0.2, 0.25) is 0 Å². The van der Waals surface area contributed by atoms with E-state index in [1.54, 1.807) is 7.11 Å². The van der Waals surface area contributed by atoms with Crippen LogP contribution in [0.1, 0.15) is 11.6 Å². The second-order valence-electron chi connectivity index (χ2n) is 8.26. The summed E-state index contributed by atoms with van der Waals surface area (Å²) in [7, 11) is 1.68. The van der Waals surface area contributed by atoms with E-state index in [0.717, 1.165) is 52.3 Å². The van der Waals surface area contributed by atoms with Crippen LogP contribution in [-0.4, -0.2) is 54.2 Å². The summed E-state index contributed by atoms with van der Waals surface area (Å²) >= 11 is 0. The van der Waals surface area contributed by atoms with Crippen molar-refractivity contribution >= 4 is 22.6 Å². The molecule has 1 fully saturated rings. The molecule has 2 heterocycles. The van der Waals surface area contributed by atoms with Crippen LogP contribution in [0.3, 0.4) is 0 Å². The van der Waals surface area contributed by atoms with Gasteiger partial charge in [0, 0.05) is 42.6 Å². The first-order valence-electron chi connectivity index (χ1n) is 11.2. The highest BCUT2D eigenvalue weighted by Crippen LogP contribution is 2.38. The quantitative estimate of drug-likeness (QED) is 0.450. The number of aliphatic carboxylic acids is 1. The molecule has 1 atom stereocenters. The summed E-state index contributed by atoms with van der Waals surface area (Å²) < 4.78 is 5.53. The first kappa shape index (κ1) is 21.1. The van der Waals surface area contributed by atoms with E-state index >= 15 is 0 Å². The molecule has 168 valence electrons. The molecule has 5 rings (SSSR count). The largest absolute Gasteiger partial charge is 0.495 e. The van der Waals surface area contributed by atoms with Gasteiger partial charge >= 0.3 is 5.97 Å². The number of nitrogens with zero attached hydrogens (tertiary/aromatic N) is 2. The maximum Gasteiger partial charge on any atom is 0.325 e. The molecular formula is C27H27N3O3. The van der Waals surface area contributed by atoms with Gasteiger partial charge in [-0.1, -0.05) is 60.7 Å². The molecule has 6 heteroatoms. The van der Waals surface area contributed by atoms with Crippen molar-refractivity contribution in [1.82, 2.24) is 9.88 Å². The Labute approximate surface area is 193 Å². The average Bonchev–Trinajstić information content (AvgIpc) is 3.24. The molecule has 0 radical (unpaired) electrons. The van der Waals surface area contributed by atoms with Gasteiger partial charge in [-0.15, -0.1) is 0 Å². The van der Waals surface area contributed by atoms with Gasteiger partial charge in [0.05, 0.1) is 18.5 Å². The van der Waals surface area contributed by atoms with E-state index in [1.807, 2.05) is 72.8 Å². The standard InChI is InChI=1S/C27H27N3O3/c1-33-23-14-8-7-13-22(23)29-15-17-30(18-16-29)26(27(31)32)24-20-11-5-6-12-21(20)28-25(24)19-9-3-2-4-10-19/h2-14,26,28H,15-18H2,1H3,(H,31,32)/t26-/m1/s1. The molecular weight excluding hydrogens is 414 g/mol. The summed E-state index contributed by atoms with van der Waals surface area (Å²) in [4.78, 5) is 20.5. The third-order valence-corrected chi connectivity index (χ3v) is 6.42.